The molecule has 54 heavy (non-hydrogen) atoms. The summed E-state index contributed by atoms with van der Waals surface area (Å²) in [5.41, 5.74) is 17.2. The van der Waals surface area contributed by atoms with Crippen LogP contribution in [0, 0.1) is 0 Å². The summed E-state index contributed by atoms with van der Waals surface area (Å²) in [6, 6.07) is 62.4. The number of allylic oxidation sites excluding steroid dienone is 2. The SMILES string of the molecule is CC1(C)c2cc(N(c3ccc(-c4ccccc4)cc3)c3ccc(-c4ccccc4)cc3)ccc2-c2ccc(N3c4ccccc4C4C=CC=CC43C)cc21. The molecule has 0 saturated heterocycles. The molecule has 1 aliphatic heterocycles. The van der Waals surface area contributed by atoms with Crippen molar-refractivity contribution in [2.45, 2.75) is 37.6 Å². The van der Waals surface area contributed by atoms with Gasteiger partial charge in [0, 0.05) is 39.8 Å². The van der Waals surface area contributed by atoms with Crippen LogP contribution in [0.4, 0.5) is 28.4 Å². The van der Waals surface area contributed by atoms with Gasteiger partial charge in [-0.25, -0.2) is 0 Å². The molecule has 2 aliphatic carbocycles. The third-order valence-electron chi connectivity index (χ3n) is 12.1. The fourth-order valence-corrected chi connectivity index (χ4v) is 9.29. The van der Waals surface area contributed by atoms with Gasteiger partial charge in [-0.2, -0.15) is 0 Å². The highest BCUT2D eigenvalue weighted by Gasteiger charge is 2.47. The number of hydrogen-bond acceptors (Lipinski definition) is 2. The molecule has 0 aromatic heterocycles. The normalized spacial score (nSPS) is 18.5. The predicted molar refractivity (Wildman–Crippen MR) is 228 cm³/mol. The topological polar surface area (TPSA) is 6.48 Å². The number of benzene rings is 7. The Morgan fingerprint density at radius 2 is 1.00 bits per heavy atom. The fourth-order valence-electron chi connectivity index (χ4n) is 9.29. The molecule has 260 valence electrons. The molecule has 0 fully saturated rings. The highest BCUT2D eigenvalue weighted by molar-refractivity contribution is 5.88. The first-order valence-corrected chi connectivity index (χ1v) is 19.1. The molecule has 2 atom stereocenters. The minimum absolute atomic E-state index is 0.165. The van der Waals surface area contributed by atoms with Crippen molar-refractivity contribution in [3.05, 3.63) is 211 Å². The molecule has 2 heteroatoms. The lowest BCUT2D eigenvalue weighted by molar-refractivity contribution is 0.541. The Hall–Kier alpha value is -6.38. The van der Waals surface area contributed by atoms with Gasteiger partial charge in [0.1, 0.15) is 0 Å². The van der Waals surface area contributed by atoms with Crippen molar-refractivity contribution in [2.24, 2.45) is 0 Å². The van der Waals surface area contributed by atoms with E-state index in [1.807, 2.05) is 0 Å². The Balaban J connectivity index is 1.06. The second-order valence-electron chi connectivity index (χ2n) is 15.6. The van der Waals surface area contributed by atoms with Crippen LogP contribution in [0.5, 0.6) is 0 Å². The zero-order valence-corrected chi connectivity index (χ0v) is 30.9. The van der Waals surface area contributed by atoms with Gasteiger partial charge in [0.25, 0.3) is 0 Å². The number of hydrogen-bond donors (Lipinski definition) is 0. The summed E-state index contributed by atoms with van der Waals surface area (Å²) in [7, 11) is 0. The van der Waals surface area contributed by atoms with Crippen LogP contribution < -0.4 is 9.80 Å². The first kappa shape index (κ1) is 32.3. The second-order valence-corrected chi connectivity index (χ2v) is 15.6. The molecular weight excluding hydrogens is 653 g/mol. The quantitative estimate of drug-likeness (QED) is 0.171. The number of rotatable bonds is 6. The van der Waals surface area contributed by atoms with Crippen molar-refractivity contribution < 1.29 is 0 Å². The van der Waals surface area contributed by atoms with Crippen molar-refractivity contribution in [3.8, 4) is 33.4 Å². The van der Waals surface area contributed by atoms with Crippen LogP contribution in [0.15, 0.2) is 194 Å². The van der Waals surface area contributed by atoms with Gasteiger partial charge in [-0.05, 0) is 112 Å². The van der Waals surface area contributed by atoms with E-state index < -0.39 is 0 Å². The summed E-state index contributed by atoms with van der Waals surface area (Å²) in [4.78, 5) is 4.97. The average molecular weight is 695 g/mol. The molecule has 0 amide bonds. The van der Waals surface area contributed by atoms with Gasteiger partial charge < -0.3 is 9.80 Å². The van der Waals surface area contributed by atoms with Gasteiger partial charge in [-0.3, -0.25) is 0 Å². The summed E-state index contributed by atoms with van der Waals surface area (Å²) in [5.74, 6) is 0.314. The first-order valence-electron chi connectivity index (χ1n) is 19.1. The maximum Gasteiger partial charge on any atom is 0.0712 e. The number of anilines is 5. The zero-order chi connectivity index (χ0) is 36.4. The molecule has 7 aromatic rings. The van der Waals surface area contributed by atoms with Gasteiger partial charge in [0.05, 0.1) is 5.54 Å². The van der Waals surface area contributed by atoms with Crippen molar-refractivity contribution in [1.29, 1.82) is 0 Å². The fraction of sp³-hybridized carbons (Fsp3) is 0.115. The lowest BCUT2D eigenvalue weighted by Crippen LogP contribution is -2.42. The smallest absolute Gasteiger partial charge is 0.0712 e. The van der Waals surface area contributed by atoms with Gasteiger partial charge in [-0.15, -0.1) is 0 Å². The van der Waals surface area contributed by atoms with Crippen molar-refractivity contribution >= 4 is 28.4 Å². The monoisotopic (exact) mass is 694 g/mol. The van der Waals surface area contributed by atoms with E-state index in [-0.39, 0.29) is 11.0 Å². The Morgan fingerprint density at radius 1 is 0.481 bits per heavy atom. The lowest BCUT2D eigenvalue weighted by atomic mass is 9.80. The molecule has 0 N–H and O–H groups in total. The number of fused-ring (bicyclic) bond motifs is 6. The molecule has 1 heterocycles. The van der Waals surface area contributed by atoms with Gasteiger partial charge in [0.15, 0.2) is 0 Å². The minimum atomic E-state index is -0.196. The van der Waals surface area contributed by atoms with Crippen LogP contribution in [0.2, 0.25) is 0 Å². The highest BCUT2D eigenvalue weighted by Crippen LogP contribution is 2.56. The van der Waals surface area contributed by atoms with Crippen molar-refractivity contribution in [2.75, 3.05) is 9.80 Å². The molecule has 2 unspecified atom stereocenters. The lowest BCUT2D eigenvalue weighted by Gasteiger charge is -2.39. The van der Waals surface area contributed by atoms with Crippen molar-refractivity contribution in [3.63, 3.8) is 0 Å². The molecule has 7 aromatic carbocycles. The van der Waals surface area contributed by atoms with Gasteiger partial charge in [0.2, 0.25) is 0 Å². The Morgan fingerprint density at radius 3 is 1.63 bits per heavy atom. The molecule has 0 spiro atoms. The molecule has 2 nitrogen and oxygen atoms in total. The summed E-state index contributed by atoms with van der Waals surface area (Å²) in [5, 5.41) is 0. The highest BCUT2D eigenvalue weighted by atomic mass is 15.2. The van der Waals surface area contributed by atoms with Crippen LogP contribution in [0.1, 0.15) is 43.4 Å². The van der Waals surface area contributed by atoms with E-state index in [1.165, 1.54) is 61.4 Å². The predicted octanol–water partition coefficient (Wildman–Crippen LogP) is 13.9. The van der Waals surface area contributed by atoms with Crippen LogP contribution in [0.25, 0.3) is 33.4 Å². The molecule has 0 radical (unpaired) electrons. The first-order chi connectivity index (χ1) is 26.4. The zero-order valence-electron chi connectivity index (χ0n) is 30.9. The van der Waals surface area contributed by atoms with E-state index in [0.29, 0.717) is 5.92 Å². The third kappa shape index (κ3) is 5.01. The molecular formula is C52H42N2. The van der Waals surface area contributed by atoms with Gasteiger partial charge in [-0.1, -0.05) is 153 Å². The van der Waals surface area contributed by atoms with E-state index in [0.717, 1.165) is 17.1 Å². The van der Waals surface area contributed by atoms with E-state index >= 15 is 0 Å². The molecule has 3 aliphatic rings. The van der Waals surface area contributed by atoms with E-state index in [4.69, 9.17) is 0 Å². The summed E-state index contributed by atoms with van der Waals surface area (Å²) in [6.07, 6.45) is 9.15. The van der Waals surface area contributed by atoms with Crippen LogP contribution in [-0.4, -0.2) is 5.54 Å². The number of nitrogens with zero attached hydrogens (tertiary/aromatic N) is 2. The van der Waals surface area contributed by atoms with Crippen molar-refractivity contribution in [1.82, 2.24) is 0 Å². The maximum atomic E-state index is 2.57. The van der Waals surface area contributed by atoms with Crippen LogP contribution in [0.3, 0.4) is 0 Å². The molecule has 10 rings (SSSR count). The summed E-state index contributed by atoms with van der Waals surface area (Å²) in [6.45, 7) is 7.17. The Kier molecular flexibility index (Phi) is 7.39. The Bertz CT molecular complexity index is 2500. The minimum Gasteiger partial charge on any atom is -0.331 e. The molecule has 0 bridgehead atoms. The standard InChI is InChI=1S/C52H42N2/c1-51(2)48-34-42(29-31-44(48)45-32-30-43(35-49(45)51)54-50-20-11-10-18-46(50)47-19-12-13-33-52(47,54)3)53(40-25-21-38(22-26-40)36-14-6-4-7-15-36)41-27-23-39(24-28-41)37-16-8-5-9-17-37/h4-35,47H,1-3H3. The summed E-state index contributed by atoms with van der Waals surface area (Å²) < 4.78 is 0. The number of para-hydroxylation sites is 1. The van der Waals surface area contributed by atoms with E-state index in [1.54, 1.807) is 0 Å². The van der Waals surface area contributed by atoms with Crippen LogP contribution >= 0.6 is 0 Å². The van der Waals surface area contributed by atoms with Crippen LogP contribution in [-0.2, 0) is 5.41 Å². The maximum absolute atomic E-state index is 2.57. The second kappa shape index (κ2) is 12.4. The van der Waals surface area contributed by atoms with Gasteiger partial charge >= 0.3 is 0 Å². The van der Waals surface area contributed by atoms with E-state index in [2.05, 4.69) is 225 Å². The average Bonchev–Trinajstić information content (AvgIpc) is 3.62. The Labute approximate surface area is 319 Å². The largest absolute Gasteiger partial charge is 0.331 e. The molecule has 0 saturated carbocycles. The van der Waals surface area contributed by atoms with E-state index in [9.17, 15) is 0 Å². The third-order valence-corrected chi connectivity index (χ3v) is 12.1. The summed E-state index contributed by atoms with van der Waals surface area (Å²) >= 11 is 0.